The molecule has 3 saturated heterocycles. The van der Waals surface area contributed by atoms with E-state index < -0.39 is 5.69 Å². The molecule has 3 fully saturated rings. The monoisotopic (exact) mass is 990 g/mol. The minimum absolute atomic E-state index is 0.00789. The molecule has 0 unspecified atom stereocenters. The Morgan fingerprint density at radius 2 is 1.51 bits per heavy atom. The van der Waals surface area contributed by atoms with E-state index in [9.17, 15) is 24.6 Å². The van der Waals surface area contributed by atoms with Gasteiger partial charge in [0.1, 0.15) is 22.9 Å². The van der Waals surface area contributed by atoms with Gasteiger partial charge in [-0.3, -0.25) is 9.59 Å². The normalized spacial score (nSPS) is 17.2. The highest BCUT2D eigenvalue weighted by molar-refractivity contribution is 6.13. The summed E-state index contributed by atoms with van der Waals surface area (Å²) in [5.74, 6) is 3.26. The van der Waals surface area contributed by atoms with Crippen LogP contribution >= 0.6 is 0 Å². The number of aromatic amines is 1. The molecule has 0 saturated carbocycles. The predicted molar refractivity (Wildman–Crippen MR) is 284 cm³/mol. The lowest BCUT2D eigenvalue weighted by Crippen LogP contribution is -2.47. The van der Waals surface area contributed by atoms with Gasteiger partial charge in [-0.2, -0.15) is 10.1 Å². The van der Waals surface area contributed by atoms with Crippen LogP contribution in [0.1, 0.15) is 86.7 Å². The van der Waals surface area contributed by atoms with E-state index in [4.69, 9.17) is 9.72 Å². The summed E-state index contributed by atoms with van der Waals surface area (Å²) >= 11 is 0. The number of benzene rings is 4. The number of rotatable bonds is 13. The van der Waals surface area contributed by atoms with Crippen LogP contribution in [0, 0.1) is 17.8 Å². The first-order chi connectivity index (χ1) is 35.3. The highest BCUT2D eigenvalue weighted by Crippen LogP contribution is 2.41. The van der Waals surface area contributed by atoms with Crippen LogP contribution in [0.4, 0.5) is 34.5 Å². The lowest BCUT2D eigenvalue weighted by atomic mass is 9.88. The molecule has 4 aromatic carbocycles. The molecule has 4 aliphatic rings. The number of hydrogen-bond donors (Lipinski definition) is 4. The molecule has 0 spiro atoms. The molecule has 4 N–H and O–H groups in total. The zero-order valence-electron chi connectivity index (χ0n) is 42.6. The van der Waals surface area contributed by atoms with Crippen LogP contribution in [0.5, 0.6) is 17.2 Å². The van der Waals surface area contributed by atoms with E-state index in [-0.39, 0.29) is 35.1 Å². The summed E-state index contributed by atoms with van der Waals surface area (Å²) in [5, 5.41) is 31.2. The molecule has 4 aliphatic heterocycles. The van der Waals surface area contributed by atoms with Gasteiger partial charge in [-0.15, -0.1) is 0 Å². The lowest BCUT2D eigenvalue weighted by molar-refractivity contribution is -0.137. The number of carbonyl (C=O) groups is 2. The summed E-state index contributed by atoms with van der Waals surface area (Å²) in [5.41, 5.74) is 6.29. The van der Waals surface area contributed by atoms with Crippen molar-refractivity contribution in [1.29, 1.82) is 0 Å². The first-order valence-corrected chi connectivity index (χ1v) is 25.9. The molecule has 382 valence electrons. The standard InChI is InChI=1S/C56H67N11O6/c1-6-73-50-30-41(15-16-45(50)58-55-57-33-47-52(59-55)62(4)46-10-8-7-9-42(46)54(71)63(47)5)65-27-21-39(22-28-65)53(70)66-25-19-38(20-26-66)34-64-23-17-37(18-24-64)29-36-11-13-40(14-12-36)67-51(60-61-56(67)72)44-31-43(35(2)3)48(68)32-49(44)69/h7-16,30-33,35,37-39,68-69H,6,17-29,34H2,1-5H3,(H,61,72)(H,57,58,59). The Morgan fingerprint density at radius 1 is 0.795 bits per heavy atom. The second kappa shape index (κ2) is 21.0. The van der Waals surface area contributed by atoms with Crippen molar-refractivity contribution in [2.24, 2.45) is 17.8 Å². The number of nitrogens with one attached hydrogen (secondary N) is 2. The average Bonchev–Trinajstić information content (AvgIpc) is 3.76. The van der Waals surface area contributed by atoms with Crippen molar-refractivity contribution in [3.05, 3.63) is 112 Å². The maximum atomic E-state index is 13.9. The number of para-hydroxylation sites is 1. The van der Waals surface area contributed by atoms with Crippen LogP contribution in [0.3, 0.4) is 0 Å². The summed E-state index contributed by atoms with van der Waals surface area (Å²) in [7, 11) is 3.65. The molecular weight excluding hydrogens is 923 g/mol. The molecule has 17 nitrogen and oxygen atoms in total. The van der Waals surface area contributed by atoms with E-state index in [1.165, 1.54) is 16.2 Å². The van der Waals surface area contributed by atoms with E-state index in [2.05, 4.69) is 59.5 Å². The Morgan fingerprint density at radius 3 is 2.23 bits per heavy atom. The molecule has 6 aromatic rings. The van der Waals surface area contributed by atoms with Gasteiger partial charge >= 0.3 is 5.69 Å². The second-order valence-corrected chi connectivity index (χ2v) is 20.5. The van der Waals surface area contributed by atoms with Gasteiger partial charge in [0.25, 0.3) is 5.91 Å². The third-order valence-electron chi connectivity index (χ3n) is 15.5. The van der Waals surface area contributed by atoms with E-state index >= 15 is 0 Å². The van der Waals surface area contributed by atoms with Crippen LogP contribution in [-0.4, -0.2) is 123 Å². The van der Waals surface area contributed by atoms with E-state index in [0.29, 0.717) is 69.9 Å². The highest BCUT2D eigenvalue weighted by atomic mass is 16.5. The average molecular weight is 990 g/mol. The quantitative estimate of drug-likeness (QED) is 0.0864. The minimum atomic E-state index is -0.403. The smallest absolute Gasteiger partial charge is 0.348 e. The number of anilines is 6. The van der Waals surface area contributed by atoms with Crippen LogP contribution in [-0.2, 0) is 11.2 Å². The van der Waals surface area contributed by atoms with Crippen molar-refractivity contribution < 1.29 is 24.5 Å². The number of phenolic OH excluding ortho intramolecular Hbond substituents is 2. The molecule has 2 aromatic heterocycles. The van der Waals surface area contributed by atoms with Crippen molar-refractivity contribution in [1.82, 2.24) is 34.5 Å². The van der Waals surface area contributed by atoms with E-state index in [1.54, 1.807) is 24.2 Å². The van der Waals surface area contributed by atoms with Gasteiger partial charge in [0.2, 0.25) is 11.9 Å². The van der Waals surface area contributed by atoms with Crippen LogP contribution in [0.25, 0.3) is 17.1 Å². The molecule has 17 heteroatoms. The summed E-state index contributed by atoms with van der Waals surface area (Å²) in [4.78, 5) is 60.2. The minimum Gasteiger partial charge on any atom is -0.508 e. The molecule has 0 radical (unpaired) electrons. The molecule has 2 amide bonds. The Labute approximate surface area is 426 Å². The zero-order valence-corrected chi connectivity index (χ0v) is 42.6. The molecule has 0 aliphatic carbocycles. The fourth-order valence-electron chi connectivity index (χ4n) is 11.3. The number of aromatic nitrogens is 5. The number of carbonyl (C=O) groups excluding carboxylic acids is 2. The van der Waals surface area contributed by atoms with Crippen molar-refractivity contribution in [3.8, 4) is 34.3 Å². The van der Waals surface area contributed by atoms with Crippen molar-refractivity contribution in [2.45, 2.75) is 71.6 Å². The molecule has 73 heavy (non-hydrogen) atoms. The van der Waals surface area contributed by atoms with Crippen LogP contribution < -0.4 is 30.4 Å². The highest BCUT2D eigenvalue weighted by Gasteiger charge is 2.33. The predicted octanol–water partition coefficient (Wildman–Crippen LogP) is 8.46. The first-order valence-electron chi connectivity index (χ1n) is 25.9. The van der Waals surface area contributed by atoms with Gasteiger partial charge in [0.15, 0.2) is 11.6 Å². The third kappa shape index (κ3) is 10.2. The van der Waals surface area contributed by atoms with Crippen LogP contribution in [0.2, 0.25) is 0 Å². The summed E-state index contributed by atoms with van der Waals surface area (Å²) in [6.45, 7) is 12.8. The number of phenols is 2. The number of nitrogens with zero attached hydrogens (tertiary/aromatic N) is 9. The first kappa shape index (κ1) is 49.2. The SMILES string of the molecule is CCOc1cc(N2CCC(C(=O)N3CCC(CN4CCC(Cc5ccc(-n6c(-c7cc(C(C)C)c(O)cc7O)n[nH]c6=O)cc5)CC4)CC3)CC2)ccc1Nc1ncc2c(n1)N(C)c1ccccc1C(=O)N2C. The molecular formula is C56H67N11O6. The molecule has 6 heterocycles. The maximum absolute atomic E-state index is 13.9. The number of amides is 2. The largest absolute Gasteiger partial charge is 0.508 e. The van der Waals surface area contributed by atoms with Gasteiger partial charge < -0.3 is 44.8 Å². The van der Waals surface area contributed by atoms with Crippen molar-refractivity contribution in [2.75, 3.05) is 86.5 Å². The maximum Gasteiger partial charge on any atom is 0.348 e. The van der Waals surface area contributed by atoms with Gasteiger partial charge in [-0.25, -0.2) is 19.4 Å². The van der Waals surface area contributed by atoms with Gasteiger partial charge in [0.05, 0.1) is 41.0 Å². The fourth-order valence-corrected chi connectivity index (χ4v) is 11.3. The zero-order chi connectivity index (χ0) is 50.9. The Balaban J connectivity index is 0.673. The van der Waals surface area contributed by atoms with E-state index in [1.807, 2.05) is 75.2 Å². The van der Waals surface area contributed by atoms with Crippen molar-refractivity contribution >= 4 is 46.3 Å². The molecule has 10 rings (SSSR count). The number of likely N-dealkylation sites (tertiary alicyclic amines) is 2. The Hall–Kier alpha value is -7.40. The molecule has 0 atom stereocenters. The Bertz CT molecular complexity index is 3020. The number of aromatic hydroxyl groups is 2. The Kier molecular flexibility index (Phi) is 14.1. The fraction of sp³-hybridized carbons (Fsp3) is 0.429. The lowest BCUT2D eigenvalue weighted by Gasteiger charge is -2.40. The summed E-state index contributed by atoms with van der Waals surface area (Å²) in [6.07, 6.45) is 8.64. The number of ether oxygens (including phenoxy) is 1. The summed E-state index contributed by atoms with van der Waals surface area (Å²) in [6, 6.07) is 24.7. The number of hydrogen-bond acceptors (Lipinski definition) is 13. The van der Waals surface area contributed by atoms with Crippen LogP contribution in [0.15, 0.2) is 89.9 Å². The molecule has 0 bridgehead atoms. The van der Waals surface area contributed by atoms with Gasteiger partial charge in [-0.05, 0) is 136 Å². The van der Waals surface area contributed by atoms with E-state index in [0.717, 1.165) is 108 Å². The number of H-pyrrole nitrogens is 1. The van der Waals surface area contributed by atoms with Crippen molar-refractivity contribution in [3.63, 3.8) is 0 Å². The number of fused-ring (bicyclic) bond motifs is 2. The second-order valence-electron chi connectivity index (χ2n) is 20.5. The topological polar surface area (TPSA) is 189 Å². The third-order valence-corrected chi connectivity index (χ3v) is 15.5. The van der Waals surface area contributed by atoms with Gasteiger partial charge in [0, 0.05) is 70.6 Å². The number of piperidine rings is 3. The summed E-state index contributed by atoms with van der Waals surface area (Å²) < 4.78 is 7.60. The van der Waals surface area contributed by atoms with Gasteiger partial charge in [-0.1, -0.05) is 38.1 Å².